The van der Waals surface area contributed by atoms with Crippen LogP contribution in [0.5, 0.6) is 0 Å². The van der Waals surface area contributed by atoms with Crippen LogP contribution in [0, 0.1) is 17.1 Å². The van der Waals surface area contributed by atoms with Crippen LogP contribution in [0.15, 0.2) is 54.6 Å². The van der Waals surface area contributed by atoms with Crippen LogP contribution >= 0.6 is 0 Å². The first-order valence-electron chi connectivity index (χ1n) is 6.17. The Bertz CT molecular complexity index is 632. The third-order valence-electron chi connectivity index (χ3n) is 2.92. The van der Waals surface area contributed by atoms with Crippen molar-refractivity contribution in [3.63, 3.8) is 0 Å². The molecule has 100 valence electrons. The fourth-order valence-corrected chi connectivity index (χ4v) is 1.90. The normalized spacial score (nSPS) is 11.4. The van der Waals surface area contributed by atoms with Crippen LogP contribution < -0.4 is 4.90 Å². The van der Waals surface area contributed by atoms with Crippen molar-refractivity contribution >= 4 is 11.6 Å². The molecule has 0 fully saturated rings. The van der Waals surface area contributed by atoms with Gasteiger partial charge in [0.25, 0.3) is 5.91 Å². The molecule has 0 aliphatic rings. The molecule has 4 heteroatoms. The zero-order valence-corrected chi connectivity index (χ0v) is 11.0. The van der Waals surface area contributed by atoms with Crippen LogP contribution in [0.1, 0.15) is 17.3 Å². The maximum Gasteiger partial charge on any atom is 0.259 e. The topological polar surface area (TPSA) is 44.1 Å². The maximum absolute atomic E-state index is 13.0. The van der Waals surface area contributed by atoms with Crippen LogP contribution in [-0.4, -0.2) is 11.9 Å². The van der Waals surface area contributed by atoms with Gasteiger partial charge < -0.3 is 0 Å². The molecule has 2 rings (SSSR count). The van der Waals surface area contributed by atoms with Crippen LogP contribution in [0.4, 0.5) is 10.1 Å². The van der Waals surface area contributed by atoms with Gasteiger partial charge in [0.15, 0.2) is 0 Å². The van der Waals surface area contributed by atoms with Gasteiger partial charge in [0, 0.05) is 11.3 Å². The van der Waals surface area contributed by atoms with E-state index in [9.17, 15) is 9.18 Å². The minimum absolute atomic E-state index is 0.286. The number of hydrogen-bond donors (Lipinski definition) is 0. The summed E-state index contributed by atoms with van der Waals surface area (Å²) in [6.07, 6.45) is 0. The van der Waals surface area contributed by atoms with Gasteiger partial charge >= 0.3 is 0 Å². The van der Waals surface area contributed by atoms with Crippen LogP contribution in [0.25, 0.3) is 0 Å². The molecule has 0 saturated heterocycles. The molecule has 0 aromatic heterocycles. The lowest BCUT2D eigenvalue weighted by Crippen LogP contribution is -2.38. The lowest BCUT2D eigenvalue weighted by molar-refractivity contribution is 0.0983. The van der Waals surface area contributed by atoms with Gasteiger partial charge in [-0.25, -0.2) is 4.39 Å². The van der Waals surface area contributed by atoms with Crippen molar-refractivity contribution in [2.75, 3.05) is 4.90 Å². The first-order chi connectivity index (χ1) is 9.63. The summed E-state index contributed by atoms with van der Waals surface area (Å²) in [5.41, 5.74) is 0.980. The average molecular weight is 268 g/mol. The number of carbonyl (C=O) groups is 1. The standard InChI is InChI=1S/C16H13FN2O/c1-12(11-18)19(15-9-7-14(17)8-10-15)16(20)13-5-3-2-4-6-13/h2-10,12H,1H3. The number of rotatable bonds is 3. The van der Waals surface area contributed by atoms with E-state index >= 15 is 0 Å². The second-order valence-electron chi connectivity index (χ2n) is 4.32. The van der Waals surface area contributed by atoms with Crippen molar-refractivity contribution in [2.24, 2.45) is 0 Å². The number of anilines is 1. The fourth-order valence-electron chi connectivity index (χ4n) is 1.90. The van der Waals surface area contributed by atoms with E-state index in [-0.39, 0.29) is 11.7 Å². The highest BCUT2D eigenvalue weighted by Gasteiger charge is 2.22. The first kappa shape index (κ1) is 13.8. The van der Waals surface area contributed by atoms with Crippen molar-refractivity contribution in [1.29, 1.82) is 5.26 Å². The van der Waals surface area contributed by atoms with Gasteiger partial charge in [-0.1, -0.05) is 18.2 Å². The Balaban J connectivity index is 2.41. The summed E-state index contributed by atoms with van der Waals surface area (Å²) in [6, 6.07) is 15.6. The summed E-state index contributed by atoms with van der Waals surface area (Å²) in [4.78, 5) is 13.9. The van der Waals surface area contributed by atoms with E-state index in [4.69, 9.17) is 5.26 Å². The predicted octanol–water partition coefficient (Wildman–Crippen LogP) is 3.38. The van der Waals surface area contributed by atoms with E-state index in [1.54, 1.807) is 31.2 Å². The Labute approximate surface area is 116 Å². The highest BCUT2D eigenvalue weighted by atomic mass is 19.1. The molecule has 2 aromatic carbocycles. The molecular weight excluding hydrogens is 255 g/mol. The van der Waals surface area contributed by atoms with Crippen LogP contribution in [0.3, 0.4) is 0 Å². The predicted molar refractivity (Wildman–Crippen MR) is 74.7 cm³/mol. The Morgan fingerprint density at radius 1 is 1.15 bits per heavy atom. The number of amides is 1. The number of carbonyl (C=O) groups excluding carboxylic acids is 1. The molecule has 1 unspecified atom stereocenters. The van der Waals surface area contributed by atoms with E-state index in [0.717, 1.165) is 0 Å². The summed E-state index contributed by atoms with van der Waals surface area (Å²) in [5, 5.41) is 9.10. The summed E-state index contributed by atoms with van der Waals surface area (Å²) >= 11 is 0. The lowest BCUT2D eigenvalue weighted by atomic mass is 10.1. The summed E-state index contributed by atoms with van der Waals surface area (Å²) in [5.74, 6) is -0.670. The highest BCUT2D eigenvalue weighted by Crippen LogP contribution is 2.20. The van der Waals surface area contributed by atoms with Gasteiger partial charge in [-0.05, 0) is 43.3 Å². The number of benzene rings is 2. The van der Waals surface area contributed by atoms with Crippen LogP contribution in [-0.2, 0) is 0 Å². The Kier molecular flexibility index (Phi) is 4.11. The molecule has 0 aliphatic heterocycles. The van der Waals surface area contributed by atoms with E-state index < -0.39 is 6.04 Å². The zero-order chi connectivity index (χ0) is 14.5. The van der Waals surface area contributed by atoms with Crippen molar-refractivity contribution in [1.82, 2.24) is 0 Å². The Morgan fingerprint density at radius 3 is 2.30 bits per heavy atom. The van der Waals surface area contributed by atoms with Crippen LogP contribution in [0.2, 0.25) is 0 Å². The Morgan fingerprint density at radius 2 is 1.75 bits per heavy atom. The molecule has 1 amide bonds. The number of nitrogens with zero attached hydrogens (tertiary/aromatic N) is 2. The second kappa shape index (κ2) is 5.98. The number of halogens is 1. The Hall–Kier alpha value is -2.67. The minimum Gasteiger partial charge on any atom is -0.292 e. The molecule has 0 heterocycles. The smallest absolute Gasteiger partial charge is 0.259 e. The zero-order valence-electron chi connectivity index (χ0n) is 11.0. The van der Waals surface area contributed by atoms with Gasteiger partial charge in [0.2, 0.25) is 0 Å². The molecule has 0 saturated carbocycles. The van der Waals surface area contributed by atoms with Crippen molar-refractivity contribution in [2.45, 2.75) is 13.0 Å². The van der Waals surface area contributed by atoms with E-state index in [1.165, 1.54) is 29.2 Å². The molecule has 0 spiro atoms. The van der Waals surface area contributed by atoms with E-state index in [2.05, 4.69) is 0 Å². The molecule has 1 atom stereocenters. The number of nitriles is 1. The fraction of sp³-hybridized carbons (Fsp3) is 0.125. The summed E-state index contributed by atoms with van der Waals surface area (Å²) in [7, 11) is 0. The van der Waals surface area contributed by atoms with Crippen molar-refractivity contribution in [3.05, 3.63) is 66.0 Å². The number of hydrogen-bond acceptors (Lipinski definition) is 2. The molecular formula is C16H13FN2O. The molecule has 0 aliphatic carbocycles. The molecule has 3 nitrogen and oxygen atoms in total. The summed E-state index contributed by atoms with van der Waals surface area (Å²) < 4.78 is 13.0. The third kappa shape index (κ3) is 2.83. The second-order valence-corrected chi connectivity index (χ2v) is 4.32. The monoisotopic (exact) mass is 268 g/mol. The average Bonchev–Trinajstić information content (AvgIpc) is 2.50. The van der Waals surface area contributed by atoms with E-state index in [0.29, 0.717) is 11.3 Å². The van der Waals surface area contributed by atoms with Gasteiger partial charge in [-0.3, -0.25) is 9.69 Å². The van der Waals surface area contributed by atoms with Crippen molar-refractivity contribution < 1.29 is 9.18 Å². The molecule has 0 bridgehead atoms. The molecule has 0 N–H and O–H groups in total. The third-order valence-corrected chi connectivity index (χ3v) is 2.92. The molecule has 20 heavy (non-hydrogen) atoms. The largest absolute Gasteiger partial charge is 0.292 e. The van der Waals surface area contributed by atoms with Gasteiger partial charge in [-0.15, -0.1) is 0 Å². The quantitative estimate of drug-likeness (QED) is 0.856. The SMILES string of the molecule is CC(C#N)N(C(=O)c1ccccc1)c1ccc(F)cc1. The summed E-state index contributed by atoms with van der Waals surface area (Å²) in [6.45, 7) is 1.63. The van der Waals surface area contributed by atoms with Gasteiger partial charge in [0.1, 0.15) is 11.9 Å². The van der Waals surface area contributed by atoms with Gasteiger partial charge in [0.05, 0.1) is 6.07 Å². The van der Waals surface area contributed by atoms with Gasteiger partial charge in [-0.2, -0.15) is 5.26 Å². The van der Waals surface area contributed by atoms with E-state index in [1.807, 2.05) is 12.1 Å². The highest BCUT2D eigenvalue weighted by molar-refractivity contribution is 6.06. The van der Waals surface area contributed by atoms with Crippen molar-refractivity contribution in [3.8, 4) is 6.07 Å². The first-order valence-corrected chi connectivity index (χ1v) is 6.17. The molecule has 2 aromatic rings. The molecule has 0 radical (unpaired) electrons. The minimum atomic E-state index is -0.645. The maximum atomic E-state index is 13.0. The lowest BCUT2D eigenvalue weighted by Gasteiger charge is -2.25.